The van der Waals surface area contributed by atoms with Gasteiger partial charge in [0.2, 0.25) is 5.91 Å². The van der Waals surface area contributed by atoms with Crippen molar-refractivity contribution in [3.05, 3.63) is 54.6 Å². The number of esters is 1. The van der Waals surface area contributed by atoms with Crippen LogP contribution in [0.2, 0.25) is 0 Å². The van der Waals surface area contributed by atoms with Gasteiger partial charge in [0.1, 0.15) is 0 Å². The number of hydrogen-bond donors (Lipinski definition) is 1. The Morgan fingerprint density at radius 1 is 1.03 bits per heavy atom. The van der Waals surface area contributed by atoms with E-state index in [9.17, 15) is 14.4 Å². The van der Waals surface area contributed by atoms with Crippen molar-refractivity contribution in [1.29, 1.82) is 0 Å². The van der Waals surface area contributed by atoms with E-state index in [1.165, 1.54) is 0 Å². The van der Waals surface area contributed by atoms with Crippen LogP contribution in [0.15, 0.2) is 54.6 Å². The number of likely N-dealkylation sites (tertiary alicyclic amines) is 1. The lowest BCUT2D eigenvalue weighted by molar-refractivity contribution is -0.157. The fourth-order valence-corrected chi connectivity index (χ4v) is 4.48. The van der Waals surface area contributed by atoms with Crippen LogP contribution in [0.5, 0.6) is 0 Å². The molecule has 1 saturated heterocycles. The Hall–Kier alpha value is -3.15. The number of carbonyl (C=O) groups excluding carboxylic acids is 3. The molecular weight excluding hydrogens is 392 g/mol. The number of anilines is 1. The van der Waals surface area contributed by atoms with Crippen LogP contribution in [0.4, 0.5) is 5.69 Å². The summed E-state index contributed by atoms with van der Waals surface area (Å²) in [6.45, 7) is 1.96. The van der Waals surface area contributed by atoms with E-state index in [1.807, 2.05) is 59.5 Å². The number of nitrogens with one attached hydrogen (secondary N) is 1. The van der Waals surface area contributed by atoms with Crippen LogP contribution in [0.3, 0.4) is 0 Å². The van der Waals surface area contributed by atoms with Crippen molar-refractivity contribution in [3.8, 4) is 11.1 Å². The summed E-state index contributed by atoms with van der Waals surface area (Å²) in [5.41, 5.74) is 2.54. The molecule has 2 aromatic rings. The first-order valence-electron chi connectivity index (χ1n) is 11.0. The first kappa shape index (κ1) is 21.1. The molecule has 0 unspecified atom stereocenters. The smallest absolute Gasteiger partial charge is 0.312 e. The second-order valence-corrected chi connectivity index (χ2v) is 8.37. The number of amides is 2. The van der Waals surface area contributed by atoms with Gasteiger partial charge < -0.3 is 15.0 Å². The summed E-state index contributed by atoms with van der Waals surface area (Å²) >= 11 is 0. The van der Waals surface area contributed by atoms with Crippen LogP contribution in [0.25, 0.3) is 11.1 Å². The minimum atomic E-state index is -0.952. The van der Waals surface area contributed by atoms with Crippen molar-refractivity contribution >= 4 is 23.5 Å². The molecule has 6 heteroatoms. The van der Waals surface area contributed by atoms with Crippen molar-refractivity contribution in [3.63, 3.8) is 0 Å². The monoisotopic (exact) mass is 420 g/mol. The molecule has 0 radical (unpaired) electrons. The van der Waals surface area contributed by atoms with Gasteiger partial charge in [-0.25, -0.2) is 0 Å². The molecule has 6 nitrogen and oxygen atoms in total. The molecule has 31 heavy (non-hydrogen) atoms. The van der Waals surface area contributed by atoms with Crippen molar-refractivity contribution < 1.29 is 19.1 Å². The van der Waals surface area contributed by atoms with Crippen LogP contribution in [-0.2, 0) is 19.1 Å². The van der Waals surface area contributed by atoms with Gasteiger partial charge in [-0.2, -0.15) is 0 Å². The van der Waals surface area contributed by atoms with Crippen molar-refractivity contribution in [2.75, 3.05) is 11.9 Å². The number of rotatable bonds is 6. The number of nitrogens with zero attached hydrogens (tertiary/aromatic N) is 1. The summed E-state index contributed by atoms with van der Waals surface area (Å²) < 4.78 is 5.44. The van der Waals surface area contributed by atoms with Crippen molar-refractivity contribution in [2.45, 2.75) is 51.2 Å². The second kappa shape index (κ2) is 9.33. The molecule has 2 amide bonds. The average Bonchev–Trinajstić information content (AvgIpc) is 3.44. The van der Waals surface area contributed by atoms with E-state index < -0.39 is 23.9 Å². The van der Waals surface area contributed by atoms with Crippen LogP contribution in [0, 0.1) is 5.92 Å². The van der Waals surface area contributed by atoms with E-state index in [0.29, 0.717) is 12.2 Å². The highest BCUT2D eigenvalue weighted by atomic mass is 16.5. The molecule has 1 aliphatic heterocycles. The molecule has 2 aromatic carbocycles. The van der Waals surface area contributed by atoms with Crippen LogP contribution in [0.1, 0.15) is 39.0 Å². The zero-order valence-corrected chi connectivity index (χ0v) is 17.8. The lowest BCUT2D eigenvalue weighted by Gasteiger charge is -2.24. The van der Waals surface area contributed by atoms with Gasteiger partial charge in [-0.3, -0.25) is 14.4 Å². The third-order valence-corrected chi connectivity index (χ3v) is 6.19. The normalized spacial score (nSPS) is 20.0. The van der Waals surface area contributed by atoms with Crippen LogP contribution >= 0.6 is 0 Å². The highest BCUT2D eigenvalue weighted by Crippen LogP contribution is 2.30. The maximum absolute atomic E-state index is 12.7. The molecule has 2 atom stereocenters. The third-order valence-electron chi connectivity index (χ3n) is 6.19. The summed E-state index contributed by atoms with van der Waals surface area (Å²) in [6, 6.07) is 17.5. The Morgan fingerprint density at radius 3 is 2.45 bits per heavy atom. The SMILES string of the molecule is C[C@H](OC(=O)[C@H]1CC(=O)N(C2CCCC2)C1)C(=O)Nc1ccccc1-c1ccccc1. The summed E-state index contributed by atoms with van der Waals surface area (Å²) in [6.07, 6.45) is 3.49. The lowest BCUT2D eigenvalue weighted by atomic mass is 10.0. The number of benzene rings is 2. The first-order chi connectivity index (χ1) is 15.0. The Bertz CT molecular complexity index is 953. The molecule has 1 N–H and O–H groups in total. The van der Waals surface area contributed by atoms with Crippen molar-refractivity contribution in [2.24, 2.45) is 5.92 Å². The topological polar surface area (TPSA) is 75.7 Å². The fourth-order valence-electron chi connectivity index (χ4n) is 4.48. The van der Waals surface area contributed by atoms with E-state index in [0.717, 1.165) is 36.8 Å². The predicted octanol–water partition coefficient (Wildman–Crippen LogP) is 4.01. The Kier molecular flexibility index (Phi) is 6.35. The highest BCUT2D eigenvalue weighted by molar-refractivity contribution is 5.99. The van der Waals surface area contributed by atoms with Gasteiger partial charge in [-0.05, 0) is 31.4 Å². The zero-order valence-electron chi connectivity index (χ0n) is 17.8. The highest BCUT2D eigenvalue weighted by Gasteiger charge is 2.40. The summed E-state index contributed by atoms with van der Waals surface area (Å²) in [7, 11) is 0. The van der Waals surface area contributed by atoms with E-state index in [4.69, 9.17) is 4.74 Å². The largest absolute Gasteiger partial charge is 0.452 e. The van der Waals surface area contributed by atoms with Gasteiger partial charge in [0.25, 0.3) is 5.91 Å². The van der Waals surface area contributed by atoms with Gasteiger partial charge >= 0.3 is 5.97 Å². The van der Waals surface area contributed by atoms with Gasteiger partial charge in [0.15, 0.2) is 6.10 Å². The van der Waals surface area contributed by atoms with E-state index >= 15 is 0 Å². The van der Waals surface area contributed by atoms with Gasteiger partial charge in [0.05, 0.1) is 5.92 Å². The molecule has 0 aromatic heterocycles. The summed E-state index contributed by atoms with van der Waals surface area (Å²) in [5, 5.41) is 2.87. The Balaban J connectivity index is 1.36. The molecule has 1 aliphatic carbocycles. The van der Waals surface area contributed by atoms with E-state index in [-0.39, 0.29) is 18.4 Å². The Morgan fingerprint density at radius 2 is 1.71 bits per heavy atom. The first-order valence-corrected chi connectivity index (χ1v) is 11.0. The Labute approximate surface area is 182 Å². The van der Waals surface area contributed by atoms with E-state index in [1.54, 1.807) is 6.92 Å². The quantitative estimate of drug-likeness (QED) is 0.717. The number of carbonyl (C=O) groups is 3. The van der Waals surface area contributed by atoms with Gasteiger partial charge in [-0.1, -0.05) is 61.4 Å². The number of hydrogen-bond acceptors (Lipinski definition) is 4. The fraction of sp³-hybridized carbons (Fsp3) is 0.400. The molecule has 1 heterocycles. The van der Waals surface area contributed by atoms with Crippen molar-refractivity contribution in [1.82, 2.24) is 4.90 Å². The standard InChI is InChI=1S/C25H28N2O4/c1-17(31-25(30)19-15-23(28)27(16-19)20-11-5-6-12-20)24(29)26-22-14-8-7-13-21(22)18-9-3-2-4-10-18/h2-4,7-10,13-14,17,19-20H,5-6,11-12,15-16H2,1H3,(H,26,29)/t17-,19-/m0/s1. The molecule has 2 fully saturated rings. The third kappa shape index (κ3) is 4.79. The summed E-state index contributed by atoms with van der Waals surface area (Å²) in [5.74, 6) is -1.36. The molecule has 4 rings (SSSR count). The molecular formula is C25H28N2O4. The van der Waals surface area contributed by atoms with Crippen LogP contribution < -0.4 is 5.32 Å². The molecule has 1 saturated carbocycles. The molecule has 162 valence electrons. The maximum atomic E-state index is 12.7. The zero-order chi connectivity index (χ0) is 21.8. The van der Waals surface area contributed by atoms with Crippen LogP contribution in [-0.4, -0.2) is 41.4 Å². The molecule has 0 bridgehead atoms. The number of para-hydroxylation sites is 1. The van der Waals surface area contributed by atoms with Gasteiger partial charge in [-0.15, -0.1) is 0 Å². The predicted molar refractivity (Wildman–Crippen MR) is 118 cm³/mol. The minimum absolute atomic E-state index is 0.0164. The maximum Gasteiger partial charge on any atom is 0.312 e. The summed E-state index contributed by atoms with van der Waals surface area (Å²) in [4.78, 5) is 39.5. The minimum Gasteiger partial charge on any atom is -0.452 e. The van der Waals surface area contributed by atoms with Gasteiger partial charge in [0, 0.05) is 30.3 Å². The second-order valence-electron chi connectivity index (χ2n) is 8.37. The molecule has 2 aliphatic rings. The molecule has 0 spiro atoms. The lowest BCUT2D eigenvalue weighted by Crippen LogP contribution is -2.36. The van der Waals surface area contributed by atoms with E-state index in [2.05, 4.69) is 5.32 Å². The number of ether oxygens (including phenoxy) is 1. The average molecular weight is 421 g/mol.